The molecule has 58 valence electrons. The van der Waals surface area contributed by atoms with E-state index in [9.17, 15) is 4.79 Å². The van der Waals surface area contributed by atoms with Crippen LogP contribution in [-0.4, -0.2) is 17.0 Å². The number of aliphatic hydroxyl groups is 1. The summed E-state index contributed by atoms with van der Waals surface area (Å²) in [7, 11) is 0. The van der Waals surface area contributed by atoms with E-state index < -0.39 is 6.10 Å². The van der Waals surface area contributed by atoms with Gasteiger partial charge in [-0.25, -0.2) is 0 Å². The maximum absolute atomic E-state index is 10.5. The summed E-state index contributed by atoms with van der Waals surface area (Å²) in [6.07, 6.45) is 3.28. The van der Waals surface area contributed by atoms with E-state index in [-0.39, 0.29) is 5.78 Å². The average Bonchev–Trinajstić information content (AvgIpc) is 1.88. The van der Waals surface area contributed by atoms with Crippen LogP contribution in [-0.2, 0) is 4.79 Å². The van der Waals surface area contributed by atoms with Crippen molar-refractivity contribution < 1.29 is 9.90 Å². The highest BCUT2D eigenvalue weighted by molar-refractivity contribution is 5.79. The number of unbranched alkanes of at least 4 members (excludes halogenated alkanes) is 1. The molecule has 0 radical (unpaired) electrons. The molecule has 0 spiro atoms. The third kappa shape index (κ3) is 4.27. The first kappa shape index (κ1) is 9.37. The fraction of sp³-hybridized carbons (Fsp3) is 0.625. The van der Waals surface area contributed by atoms with E-state index in [2.05, 4.69) is 6.58 Å². The summed E-state index contributed by atoms with van der Waals surface area (Å²) in [5.41, 5.74) is 0. The number of carbonyl (C=O) groups is 1. The van der Waals surface area contributed by atoms with Crippen molar-refractivity contribution in [1.82, 2.24) is 0 Å². The molecule has 0 fully saturated rings. The monoisotopic (exact) mass is 142 g/mol. The lowest BCUT2D eigenvalue weighted by atomic mass is 10.1. The maximum atomic E-state index is 10.5. The molecule has 10 heavy (non-hydrogen) atoms. The lowest BCUT2D eigenvalue weighted by Crippen LogP contribution is -2.16. The van der Waals surface area contributed by atoms with Gasteiger partial charge in [0.25, 0.3) is 0 Å². The summed E-state index contributed by atoms with van der Waals surface area (Å²) < 4.78 is 0. The summed E-state index contributed by atoms with van der Waals surface area (Å²) in [5, 5.41) is 8.97. The van der Waals surface area contributed by atoms with E-state index in [0.717, 1.165) is 12.8 Å². The molecule has 2 nitrogen and oxygen atoms in total. The van der Waals surface area contributed by atoms with Crippen molar-refractivity contribution in [3.63, 3.8) is 0 Å². The molecule has 2 heteroatoms. The van der Waals surface area contributed by atoms with Gasteiger partial charge in [0.15, 0.2) is 5.78 Å². The average molecular weight is 142 g/mol. The first-order valence-electron chi connectivity index (χ1n) is 3.48. The van der Waals surface area contributed by atoms with Gasteiger partial charge in [0.1, 0.15) is 6.10 Å². The summed E-state index contributed by atoms with van der Waals surface area (Å²) >= 11 is 0. The molecule has 0 aromatic heterocycles. The van der Waals surface area contributed by atoms with Crippen molar-refractivity contribution in [2.45, 2.75) is 32.3 Å². The van der Waals surface area contributed by atoms with Crippen LogP contribution in [0.15, 0.2) is 12.7 Å². The van der Waals surface area contributed by atoms with Crippen molar-refractivity contribution in [1.29, 1.82) is 0 Å². The normalized spacial score (nSPS) is 12.6. The summed E-state index contributed by atoms with van der Waals surface area (Å²) in [5.74, 6) is -0.149. The van der Waals surface area contributed by atoms with Gasteiger partial charge in [0.2, 0.25) is 0 Å². The number of allylic oxidation sites excluding steroid dienone is 1. The Bertz CT molecular complexity index is 118. The van der Waals surface area contributed by atoms with Gasteiger partial charge in [-0.15, -0.1) is 6.58 Å². The molecule has 0 amide bonds. The topological polar surface area (TPSA) is 37.3 Å². The van der Waals surface area contributed by atoms with Gasteiger partial charge >= 0.3 is 0 Å². The van der Waals surface area contributed by atoms with Gasteiger partial charge in [-0.3, -0.25) is 4.79 Å². The molecule has 0 bridgehead atoms. The summed E-state index contributed by atoms with van der Waals surface area (Å²) in [6.45, 7) is 4.94. The molecule has 1 N–H and O–H groups in total. The van der Waals surface area contributed by atoms with Crippen LogP contribution in [0.3, 0.4) is 0 Å². The molecule has 0 aromatic rings. The molecule has 0 aromatic carbocycles. The molecule has 1 atom stereocenters. The lowest BCUT2D eigenvalue weighted by molar-refractivity contribution is -0.125. The summed E-state index contributed by atoms with van der Waals surface area (Å²) in [4.78, 5) is 10.5. The van der Waals surface area contributed by atoms with Crippen molar-refractivity contribution >= 4 is 5.78 Å². The van der Waals surface area contributed by atoms with Gasteiger partial charge in [-0.1, -0.05) is 6.08 Å². The minimum Gasteiger partial charge on any atom is -0.385 e. The molecule has 0 aliphatic carbocycles. The molecular formula is C8H14O2. The molecule has 0 aliphatic heterocycles. The first-order valence-corrected chi connectivity index (χ1v) is 3.48. The number of hydrogen-bond acceptors (Lipinski definition) is 2. The Hall–Kier alpha value is -0.630. The van der Waals surface area contributed by atoms with Crippen LogP contribution in [0.1, 0.15) is 26.2 Å². The van der Waals surface area contributed by atoms with Gasteiger partial charge in [0.05, 0.1) is 0 Å². The van der Waals surface area contributed by atoms with Crippen molar-refractivity contribution in [2.24, 2.45) is 0 Å². The predicted octanol–water partition coefficient (Wildman–Crippen LogP) is 1.29. The third-order valence-corrected chi connectivity index (χ3v) is 1.36. The highest BCUT2D eigenvalue weighted by Crippen LogP contribution is 2.01. The fourth-order valence-corrected chi connectivity index (χ4v) is 0.659. The molecule has 0 saturated carbocycles. The van der Waals surface area contributed by atoms with Crippen LogP contribution in [0.2, 0.25) is 0 Å². The van der Waals surface area contributed by atoms with Crippen LogP contribution in [0.4, 0.5) is 0 Å². The number of carbonyl (C=O) groups excluding carboxylic acids is 1. The highest BCUT2D eigenvalue weighted by atomic mass is 16.3. The van der Waals surface area contributed by atoms with Crippen LogP contribution in [0.5, 0.6) is 0 Å². The second-order valence-electron chi connectivity index (χ2n) is 2.35. The summed E-state index contributed by atoms with van der Waals surface area (Å²) in [6, 6.07) is 0. The maximum Gasteiger partial charge on any atom is 0.158 e. The number of ketones is 1. The standard InChI is InChI=1S/C8H14O2/c1-3-4-5-6-8(10)7(2)9/h3,8,10H,1,4-6H2,2H3. The van der Waals surface area contributed by atoms with Crippen molar-refractivity contribution in [2.75, 3.05) is 0 Å². The Morgan fingerprint density at radius 3 is 2.80 bits per heavy atom. The fourth-order valence-electron chi connectivity index (χ4n) is 0.659. The van der Waals surface area contributed by atoms with Crippen LogP contribution >= 0.6 is 0 Å². The molecule has 0 saturated heterocycles. The molecule has 0 rings (SSSR count). The van der Waals surface area contributed by atoms with E-state index in [1.54, 1.807) is 6.08 Å². The van der Waals surface area contributed by atoms with E-state index in [4.69, 9.17) is 5.11 Å². The van der Waals surface area contributed by atoms with Gasteiger partial charge in [-0.05, 0) is 26.2 Å². The van der Waals surface area contributed by atoms with Crippen LogP contribution in [0.25, 0.3) is 0 Å². The Labute approximate surface area is 61.6 Å². The van der Waals surface area contributed by atoms with Gasteiger partial charge in [0, 0.05) is 0 Å². The molecule has 1 unspecified atom stereocenters. The largest absolute Gasteiger partial charge is 0.385 e. The zero-order valence-electron chi connectivity index (χ0n) is 6.34. The lowest BCUT2D eigenvalue weighted by Gasteiger charge is -2.03. The zero-order valence-corrected chi connectivity index (χ0v) is 6.34. The number of rotatable bonds is 5. The second-order valence-corrected chi connectivity index (χ2v) is 2.35. The molecule has 0 aliphatic rings. The van der Waals surface area contributed by atoms with Gasteiger partial charge < -0.3 is 5.11 Å². The Balaban J connectivity index is 3.30. The third-order valence-electron chi connectivity index (χ3n) is 1.36. The van der Waals surface area contributed by atoms with E-state index in [1.807, 2.05) is 0 Å². The number of aliphatic hydroxyl groups excluding tert-OH is 1. The number of hydrogen-bond donors (Lipinski definition) is 1. The van der Waals surface area contributed by atoms with Crippen LogP contribution < -0.4 is 0 Å². The van der Waals surface area contributed by atoms with E-state index in [0.29, 0.717) is 6.42 Å². The predicted molar refractivity (Wildman–Crippen MR) is 40.7 cm³/mol. The molecular weight excluding hydrogens is 128 g/mol. The zero-order chi connectivity index (χ0) is 7.98. The smallest absolute Gasteiger partial charge is 0.158 e. The SMILES string of the molecule is C=CCCCC(O)C(C)=O. The Kier molecular flexibility index (Phi) is 4.85. The van der Waals surface area contributed by atoms with Crippen molar-refractivity contribution in [3.05, 3.63) is 12.7 Å². The minimum atomic E-state index is -0.764. The van der Waals surface area contributed by atoms with Crippen LogP contribution in [0, 0.1) is 0 Å². The molecule has 0 heterocycles. The second kappa shape index (κ2) is 5.18. The Morgan fingerprint density at radius 1 is 1.80 bits per heavy atom. The minimum absolute atomic E-state index is 0.149. The first-order chi connectivity index (χ1) is 4.68. The highest BCUT2D eigenvalue weighted by Gasteiger charge is 2.07. The van der Waals surface area contributed by atoms with Gasteiger partial charge in [-0.2, -0.15) is 0 Å². The quantitative estimate of drug-likeness (QED) is 0.464. The van der Waals surface area contributed by atoms with E-state index >= 15 is 0 Å². The van der Waals surface area contributed by atoms with Crippen molar-refractivity contribution in [3.8, 4) is 0 Å². The number of Topliss-reactive ketones (excluding diaryl/α,β-unsaturated/α-hetero) is 1. The Morgan fingerprint density at radius 2 is 2.40 bits per heavy atom. The van der Waals surface area contributed by atoms with E-state index in [1.165, 1.54) is 6.92 Å².